The van der Waals surface area contributed by atoms with Crippen LogP contribution in [0.5, 0.6) is 0 Å². The van der Waals surface area contributed by atoms with Gasteiger partial charge in [-0.15, -0.1) is 0 Å². The zero-order valence-corrected chi connectivity index (χ0v) is 9.59. The van der Waals surface area contributed by atoms with Crippen molar-refractivity contribution in [1.82, 2.24) is 5.32 Å². The Morgan fingerprint density at radius 1 is 1.38 bits per heavy atom. The molecule has 0 aliphatic carbocycles. The van der Waals surface area contributed by atoms with E-state index < -0.39 is 0 Å². The van der Waals surface area contributed by atoms with Gasteiger partial charge in [0.15, 0.2) is 0 Å². The number of aryl methyl sites for hydroxylation is 1. The van der Waals surface area contributed by atoms with Crippen LogP contribution in [0.25, 0.3) is 0 Å². The molecule has 1 saturated heterocycles. The summed E-state index contributed by atoms with van der Waals surface area (Å²) in [5.74, 6) is 0. The van der Waals surface area contributed by atoms with Crippen LogP contribution < -0.4 is 10.6 Å². The summed E-state index contributed by atoms with van der Waals surface area (Å²) in [6, 6.07) is 8.65. The molecule has 0 radical (unpaired) electrons. The molecular weight excluding hydrogens is 198 g/mol. The van der Waals surface area contributed by atoms with E-state index in [4.69, 9.17) is 5.26 Å². The fourth-order valence-electron chi connectivity index (χ4n) is 2.06. The molecule has 16 heavy (non-hydrogen) atoms. The number of anilines is 1. The monoisotopic (exact) mass is 215 g/mol. The molecule has 0 saturated carbocycles. The van der Waals surface area contributed by atoms with Crippen LogP contribution >= 0.6 is 0 Å². The van der Waals surface area contributed by atoms with E-state index in [9.17, 15) is 0 Å². The Kier molecular flexibility index (Phi) is 3.43. The third-order valence-corrected chi connectivity index (χ3v) is 2.99. The lowest BCUT2D eigenvalue weighted by molar-refractivity contribution is 0.479. The van der Waals surface area contributed by atoms with Crippen molar-refractivity contribution < 1.29 is 0 Å². The second kappa shape index (κ2) is 5.00. The van der Waals surface area contributed by atoms with Gasteiger partial charge in [0, 0.05) is 6.04 Å². The van der Waals surface area contributed by atoms with Crippen molar-refractivity contribution >= 4 is 5.69 Å². The minimum atomic E-state index is 0.496. The Bertz CT molecular complexity index is 400. The van der Waals surface area contributed by atoms with Crippen molar-refractivity contribution in [2.24, 2.45) is 0 Å². The number of hydrogen-bond donors (Lipinski definition) is 2. The summed E-state index contributed by atoms with van der Waals surface area (Å²) in [4.78, 5) is 0. The first-order chi connectivity index (χ1) is 7.79. The molecule has 1 fully saturated rings. The zero-order valence-electron chi connectivity index (χ0n) is 9.59. The van der Waals surface area contributed by atoms with Crippen LogP contribution in [-0.2, 0) is 0 Å². The van der Waals surface area contributed by atoms with E-state index in [1.807, 2.05) is 12.1 Å². The number of nitrogens with zero attached hydrogens (tertiary/aromatic N) is 1. The molecule has 1 aromatic rings. The number of hydrogen-bond acceptors (Lipinski definition) is 3. The third-order valence-electron chi connectivity index (χ3n) is 2.99. The lowest BCUT2D eigenvalue weighted by Gasteiger charge is -2.25. The highest BCUT2D eigenvalue weighted by Gasteiger charge is 2.13. The summed E-state index contributed by atoms with van der Waals surface area (Å²) in [5.41, 5.74) is 2.91. The van der Waals surface area contributed by atoms with Crippen LogP contribution in [0.1, 0.15) is 24.0 Å². The fourth-order valence-corrected chi connectivity index (χ4v) is 2.06. The molecule has 3 nitrogen and oxygen atoms in total. The van der Waals surface area contributed by atoms with Crippen LogP contribution in [0.2, 0.25) is 0 Å². The first kappa shape index (κ1) is 11.0. The Hall–Kier alpha value is -1.53. The molecule has 2 rings (SSSR count). The number of piperidine rings is 1. The van der Waals surface area contributed by atoms with Gasteiger partial charge in [-0.3, -0.25) is 0 Å². The van der Waals surface area contributed by atoms with Gasteiger partial charge in [0.2, 0.25) is 0 Å². The maximum atomic E-state index is 9.04. The molecule has 1 aromatic carbocycles. The molecule has 2 N–H and O–H groups in total. The van der Waals surface area contributed by atoms with E-state index in [1.165, 1.54) is 5.56 Å². The molecule has 0 unspecified atom stereocenters. The molecule has 0 atom stereocenters. The van der Waals surface area contributed by atoms with Gasteiger partial charge in [-0.2, -0.15) is 5.26 Å². The van der Waals surface area contributed by atoms with Gasteiger partial charge in [0.1, 0.15) is 6.07 Å². The second-order valence-electron chi connectivity index (χ2n) is 4.33. The number of benzene rings is 1. The molecule has 0 aromatic heterocycles. The van der Waals surface area contributed by atoms with Gasteiger partial charge >= 0.3 is 0 Å². The maximum absolute atomic E-state index is 9.04. The van der Waals surface area contributed by atoms with E-state index >= 15 is 0 Å². The van der Waals surface area contributed by atoms with E-state index in [-0.39, 0.29) is 0 Å². The first-order valence-electron chi connectivity index (χ1n) is 5.77. The summed E-state index contributed by atoms with van der Waals surface area (Å²) < 4.78 is 0. The zero-order chi connectivity index (χ0) is 11.4. The Morgan fingerprint density at radius 2 is 2.12 bits per heavy atom. The van der Waals surface area contributed by atoms with Gasteiger partial charge in [0.25, 0.3) is 0 Å². The highest BCUT2D eigenvalue weighted by atomic mass is 15.0. The summed E-state index contributed by atoms with van der Waals surface area (Å²) in [6.45, 7) is 4.17. The summed E-state index contributed by atoms with van der Waals surface area (Å²) in [7, 11) is 0. The van der Waals surface area contributed by atoms with E-state index in [1.54, 1.807) is 0 Å². The molecule has 0 amide bonds. The van der Waals surface area contributed by atoms with Crippen LogP contribution in [0.3, 0.4) is 0 Å². The van der Waals surface area contributed by atoms with Crippen molar-refractivity contribution in [2.75, 3.05) is 18.4 Å². The van der Waals surface area contributed by atoms with Crippen molar-refractivity contribution in [2.45, 2.75) is 25.8 Å². The number of nitrogens with one attached hydrogen (secondary N) is 2. The minimum absolute atomic E-state index is 0.496. The molecule has 0 spiro atoms. The lowest BCUT2D eigenvalue weighted by Crippen LogP contribution is -2.35. The predicted molar refractivity (Wildman–Crippen MR) is 65.4 cm³/mol. The summed E-state index contributed by atoms with van der Waals surface area (Å²) >= 11 is 0. The Balaban J connectivity index is 2.13. The fraction of sp³-hybridized carbons (Fsp3) is 0.462. The standard InChI is InChI=1S/C13H17N3/c1-10-2-3-11(9-14)13(8-10)16-12-4-6-15-7-5-12/h2-3,8,12,15-16H,4-7H2,1H3. The van der Waals surface area contributed by atoms with Gasteiger partial charge < -0.3 is 10.6 Å². The lowest BCUT2D eigenvalue weighted by atomic mass is 10.0. The maximum Gasteiger partial charge on any atom is 0.101 e. The minimum Gasteiger partial charge on any atom is -0.381 e. The molecule has 84 valence electrons. The molecule has 1 heterocycles. The Labute approximate surface area is 96.5 Å². The quantitative estimate of drug-likeness (QED) is 0.793. The van der Waals surface area contributed by atoms with Crippen molar-refractivity contribution in [3.8, 4) is 6.07 Å². The number of nitriles is 1. The van der Waals surface area contributed by atoms with E-state index in [0.29, 0.717) is 6.04 Å². The first-order valence-corrected chi connectivity index (χ1v) is 5.77. The van der Waals surface area contributed by atoms with E-state index in [0.717, 1.165) is 37.2 Å². The topological polar surface area (TPSA) is 47.9 Å². The van der Waals surface area contributed by atoms with E-state index in [2.05, 4.69) is 29.7 Å². The summed E-state index contributed by atoms with van der Waals surface area (Å²) in [6.07, 6.45) is 2.25. The van der Waals surface area contributed by atoms with Crippen LogP contribution in [0, 0.1) is 18.3 Å². The predicted octanol–water partition coefficient (Wildman–Crippen LogP) is 2.03. The highest BCUT2D eigenvalue weighted by Crippen LogP contribution is 2.19. The van der Waals surface area contributed by atoms with Gasteiger partial charge in [0.05, 0.1) is 11.3 Å². The number of rotatable bonds is 2. The average Bonchev–Trinajstić information content (AvgIpc) is 2.31. The average molecular weight is 215 g/mol. The second-order valence-corrected chi connectivity index (χ2v) is 4.33. The van der Waals surface area contributed by atoms with Gasteiger partial charge in [-0.25, -0.2) is 0 Å². The van der Waals surface area contributed by atoms with Crippen molar-refractivity contribution in [1.29, 1.82) is 5.26 Å². The summed E-state index contributed by atoms with van der Waals surface area (Å²) in [5, 5.41) is 15.9. The van der Waals surface area contributed by atoms with Gasteiger partial charge in [-0.05, 0) is 50.6 Å². The molecule has 3 heteroatoms. The molecule has 1 aliphatic heterocycles. The van der Waals surface area contributed by atoms with Gasteiger partial charge in [-0.1, -0.05) is 6.07 Å². The smallest absolute Gasteiger partial charge is 0.101 e. The molecule has 0 bridgehead atoms. The molecular formula is C13H17N3. The normalized spacial score (nSPS) is 16.8. The third kappa shape index (κ3) is 2.53. The Morgan fingerprint density at radius 3 is 2.81 bits per heavy atom. The van der Waals surface area contributed by atoms with Crippen molar-refractivity contribution in [3.63, 3.8) is 0 Å². The molecule has 1 aliphatic rings. The largest absolute Gasteiger partial charge is 0.381 e. The van der Waals surface area contributed by atoms with Crippen LogP contribution in [0.15, 0.2) is 18.2 Å². The van der Waals surface area contributed by atoms with Crippen LogP contribution in [0.4, 0.5) is 5.69 Å². The van der Waals surface area contributed by atoms with Crippen molar-refractivity contribution in [3.05, 3.63) is 29.3 Å². The SMILES string of the molecule is Cc1ccc(C#N)c(NC2CCNCC2)c1. The highest BCUT2D eigenvalue weighted by molar-refractivity contribution is 5.59. The van der Waals surface area contributed by atoms with Crippen LogP contribution in [-0.4, -0.2) is 19.1 Å².